The Balaban J connectivity index is 1.07. The predicted molar refractivity (Wildman–Crippen MR) is 286 cm³/mol. The highest BCUT2D eigenvalue weighted by atomic mass is 15.0. The summed E-state index contributed by atoms with van der Waals surface area (Å²) in [6.07, 6.45) is 0. The molecule has 0 N–H and O–H groups in total. The smallest absolute Gasteiger partial charge is 0.160 e. The molecule has 5 heterocycles. The number of nitrogens with zero attached hydrogens (tertiary/aromatic N) is 7. The summed E-state index contributed by atoms with van der Waals surface area (Å²) in [4.78, 5) is 32.5. The van der Waals surface area contributed by atoms with Crippen molar-refractivity contribution in [3.63, 3.8) is 0 Å². The zero-order valence-electron chi connectivity index (χ0n) is 38.1. The minimum Gasteiger partial charge on any atom is -0.341 e. The van der Waals surface area contributed by atoms with Crippen LogP contribution >= 0.6 is 0 Å². The Morgan fingerprint density at radius 1 is 0.271 bits per heavy atom. The molecule has 0 atom stereocenters. The van der Waals surface area contributed by atoms with Crippen LogP contribution in [0.4, 0.5) is 0 Å². The highest BCUT2D eigenvalue weighted by Gasteiger charge is 2.23. The number of hydrogen-bond donors (Lipinski definition) is 0. The summed E-state index contributed by atoms with van der Waals surface area (Å²) >= 11 is 0. The lowest BCUT2D eigenvalue weighted by Gasteiger charge is -2.16. The lowest BCUT2D eigenvalue weighted by Crippen LogP contribution is -2.03. The SMILES string of the molecule is Cn1c(-c2nc(-c3ccccc3)nc3c2ccc2c(-c4ccccc4)cc(-c4ccccc4)nc23)ccc1-c1nc(-c2ccccc2)nc2c1ccc1c(-c3ccccc3)cc(-c3ccccc3)nc12. The second-order valence-electron chi connectivity index (χ2n) is 17.5. The van der Waals surface area contributed by atoms with Gasteiger partial charge >= 0.3 is 0 Å². The molecule has 0 aliphatic heterocycles. The third-order valence-electron chi connectivity index (χ3n) is 13.3. The van der Waals surface area contributed by atoms with Crippen molar-refractivity contribution in [3.05, 3.63) is 231 Å². The van der Waals surface area contributed by atoms with Gasteiger partial charge in [-0.2, -0.15) is 0 Å². The second-order valence-corrected chi connectivity index (χ2v) is 17.5. The summed E-state index contributed by atoms with van der Waals surface area (Å²) < 4.78 is 2.20. The molecule has 0 saturated heterocycles. The van der Waals surface area contributed by atoms with Crippen molar-refractivity contribution in [3.8, 4) is 90.3 Å². The van der Waals surface area contributed by atoms with Gasteiger partial charge in [0.2, 0.25) is 0 Å². The molecule has 0 saturated carbocycles. The topological polar surface area (TPSA) is 82.3 Å². The van der Waals surface area contributed by atoms with Gasteiger partial charge in [-0.25, -0.2) is 29.9 Å². The molecule has 13 aromatic rings. The standard InChI is InChI=1S/C63H41N7/c1-70-54(56-48-34-32-46-50(40-20-8-2-9-21-40)38-52(42-24-12-4-13-25-42)64-58(46)60(48)68-62(66-56)44-28-16-6-17-29-44)36-37-55(70)57-49-35-33-47-51(41-22-10-3-11-23-41)39-53(43-26-14-5-15-27-43)65-59(47)61(49)69-63(67-57)45-30-18-7-19-31-45/h2-39H,1H3. The van der Waals surface area contributed by atoms with E-state index in [9.17, 15) is 0 Å². The first-order valence-electron chi connectivity index (χ1n) is 23.4. The molecule has 0 radical (unpaired) electrons. The van der Waals surface area contributed by atoms with Gasteiger partial charge in [-0.15, -0.1) is 0 Å². The Morgan fingerprint density at radius 2 is 0.571 bits per heavy atom. The average molecular weight is 896 g/mol. The Kier molecular flexibility index (Phi) is 9.91. The molecule has 13 rings (SSSR count). The van der Waals surface area contributed by atoms with Gasteiger partial charge in [0.15, 0.2) is 11.6 Å². The fourth-order valence-electron chi connectivity index (χ4n) is 9.79. The largest absolute Gasteiger partial charge is 0.341 e. The van der Waals surface area contributed by atoms with Gasteiger partial charge in [0.05, 0.1) is 45.2 Å². The zero-order valence-corrected chi connectivity index (χ0v) is 38.1. The second kappa shape index (κ2) is 17.0. The normalized spacial score (nSPS) is 11.5. The van der Waals surface area contributed by atoms with Crippen molar-refractivity contribution in [2.75, 3.05) is 0 Å². The lowest BCUT2D eigenvalue weighted by atomic mass is 9.96. The highest BCUT2D eigenvalue weighted by Crippen LogP contribution is 2.42. The van der Waals surface area contributed by atoms with E-state index in [2.05, 4.69) is 194 Å². The molecule has 0 bridgehead atoms. The van der Waals surface area contributed by atoms with Gasteiger partial charge in [0.1, 0.15) is 11.0 Å². The first kappa shape index (κ1) is 40.8. The van der Waals surface area contributed by atoms with Gasteiger partial charge in [0.25, 0.3) is 0 Å². The van der Waals surface area contributed by atoms with Gasteiger partial charge in [-0.1, -0.05) is 194 Å². The summed E-state index contributed by atoms with van der Waals surface area (Å²) in [6.45, 7) is 0. The minimum absolute atomic E-state index is 0.617. The van der Waals surface area contributed by atoms with E-state index in [1.165, 1.54) is 0 Å². The monoisotopic (exact) mass is 895 g/mol. The summed E-state index contributed by atoms with van der Waals surface area (Å²) in [5.74, 6) is 1.23. The molecule has 0 fully saturated rings. The van der Waals surface area contributed by atoms with Crippen molar-refractivity contribution in [1.29, 1.82) is 0 Å². The Bertz CT molecular complexity index is 3820. The Hall–Kier alpha value is -9.46. The predicted octanol–water partition coefficient (Wildman–Crippen LogP) is 15.3. The highest BCUT2D eigenvalue weighted by molar-refractivity contribution is 6.14. The molecular formula is C63H41N7. The maximum absolute atomic E-state index is 5.43. The summed E-state index contributed by atoms with van der Waals surface area (Å²) in [7, 11) is 2.09. The van der Waals surface area contributed by atoms with Gasteiger partial charge in [-0.05, 0) is 58.7 Å². The van der Waals surface area contributed by atoms with E-state index in [4.69, 9.17) is 29.9 Å². The molecule has 5 aromatic heterocycles. The van der Waals surface area contributed by atoms with E-state index in [-0.39, 0.29) is 0 Å². The molecule has 0 aliphatic carbocycles. The minimum atomic E-state index is 0.617. The summed E-state index contributed by atoms with van der Waals surface area (Å²) in [6, 6.07) is 79.5. The van der Waals surface area contributed by atoms with Crippen LogP contribution in [0, 0.1) is 0 Å². The lowest BCUT2D eigenvalue weighted by molar-refractivity contribution is 0.935. The van der Waals surface area contributed by atoms with E-state index in [1.807, 2.05) is 48.5 Å². The van der Waals surface area contributed by atoms with Gasteiger partial charge in [-0.3, -0.25) is 0 Å². The van der Waals surface area contributed by atoms with Crippen LogP contribution in [0.3, 0.4) is 0 Å². The number of fused-ring (bicyclic) bond motifs is 6. The molecule has 0 unspecified atom stereocenters. The van der Waals surface area contributed by atoms with E-state index in [0.29, 0.717) is 11.6 Å². The van der Waals surface area contributed by atoms with E-state index in [0.717, 1.165) is 122 Å². The summed E-state index contributed by atoms with van der Waals surface area (Å²) in [5, 5.41) is 3.82. The quantitative estimate of drug-likeness (QED) is 0.141. The van der Waals surface area contributed by atoms with Crippen molar-refractivity contribution in [2.45, 2.75) is 0 Å². The molecule has 0 amide bonds. The molecule has 328 valence electrons. The molecule has 0 spiro atoms. The fourth-order valence-corrected chi connectivity index (χ4v) is 9.79. The number of pyridine rings is 2. The van der Waals surface area contributed by atoms with E-state index in [1.54, 1.807) is 0 Å². The van der Waals surface area contributed by atoms with Crippen molar-refractivity contribution < 1.29 is 0 Å². The van der Waals surface area contributed by atoms with E-state index < -0.39 is 0 Å². The van der Waals surface area contributed by atoms with Crippen LogP contribution in [0.2, 0.25) is 0 Å². The molecule has 0 aliphatic rings. The first-order valence-corrected chi connectivity index (χ1v) is 23.4. The van der Waals surface area contributed by atoms with Gasteiger partial charge in [0, 0.05) is 50.8 Å². The van der Waals surface area contributed by atoms with Crippen LogP contribution in [0.1, 0.15) is 0 Å². The van der Waals surface area contributed by atoms with Gasteiger partial charge < -0.3 is 4.57 Å². The van der Waals surface area contributed by atoms with Crippen LogP contribution < -0.4 is 0 Å². The molecule has 70 heavy (non-hydrogen) atoms. The van der Waals surface area contributed by atoms with Crippen LogP contribution in [-0.2, 0) is 7.05 Å². The van der Waals surface area contributed by atoms with Crippen molar-refractivity contribution >= 4 is 43.6 Å². The molecule has 8 aromatic carbocycles. The van der Waals surface area contributed by atoms with Crippen molar-refractivity contribution in [2.24, 2.45) is 7.05 Å². The maximum Gasteiger partial charge on any atom is 0.160 e. The van der Waals surface area contributed by atoms with Crippen LogP contribution in [0.15, 0.2) is 231 Å². The number of hydrogen-bond acceptors (Lipinski definition) is 6. The Morgan fingerprint density at radius 3 is 0.929 bits per heavy atom. The zero-order chi connectivity index (χ0) is 46.5. The molecule has 7 nitrogen and oxygen atoms in total. The van der Waals surface area contributed by atoms with Crippen LogP contribution in [0.5, 0.6) is 0 Å². The molecule has 7 heteroatoms. The van der Waals surface area contributed by atoms with Crippen LogP contribution in [0.25, 0.3) is 134 Å². The molecular weight excluding hydrogens is 855 g/mol. The van der Waals surface area contributed by atoms with E-state index >= 15 is 0 Å². The number of benzene rings is 8. The number of rotatable bonds is 8. The third kappa shape index (κ3) is 7.07. The van der Waals surface area contributed by atoms with Crippen molar-refractivity contribution in [1.82, 2.24) is 34.5 Å². The fraction of sp³-hybridized carbons (Fsp3) is 0.0159. The summed E-state index contributed by atoms with van der Waals surface area (Å²) in [5.41, 5.74) is 16.6. The van der Waals surface area contributed by atoms with Crippen LogP contribution in [-0.4, -0.2) is 34.5 Å². The first-order chi connectivity index (χ1) is 34.6. The Labute approximate surface area is 404 Å². The average Bonchev–Trinajstić information content (AvgIpc) is 3.83. The number of aromatic nitrogens is 7. The third-order valence-corrected chi connectivity index (χ3v) is 13.3. The maximum atomic E-state index is 5.43.